The van der Waals surface area contributed by atoms with Crippen molar-refractivity contribution in [3.8, 4) is 5.75 Å². The molecule has 2 aromatic rings. The van der Waals surface area contributed by atoms with Crippen LogP contribution in [0.3, 0.4) is 0 Å². The van der Waals surface area contributed by atoms with E-state index in [-0.39, 0.29) is 5.91 Å². The number of amides is 1. The first-order valence-electron chi connectivity index (χ1n) is 7.67. The smallest absolute Gasteiger partial charge is 0.227 e. The zero-order valence-electron chi connectivity index (χ0n) is 13.1. The lowest BCUT2D eigenvalue weighted by molar-refractivity contribution is -0.129. The molecule has 0 saturated carbocycles. The van der Waals surface area contributed by atoms with Crippen molar-refractivity contribution < 1.29 is 13.9 Å². The third kappa shape index (κ3) is 2.95. The van der Waals surface area contributed by atoms with E-state index < -0.39 is 0 Å². The molecule has 1 aromatic carbocycles. The van der Waals surface area contributed by atoms with E-state index in [4.69, 9.17) is 9.15 Å². The number of rotatable bonds is 5. The minimum Gasteiger partial charge on any atom is -0.497 e. The summed E-state index contributed by atoms with van der Waals surface area (Å²) in [4.78, 5) is 14.4. The number of furan rings is 1. The topological polar surface area (TPSA) is 54.7 Å². The van der Waals surface area contributed by atoms with Gasteiger partial charge in [-0.3, -0.25) is 4.79 Å². The van der Waals surface area contributed by atoms with Gasteiger partial charge in [-0.25, -0.2) is 0 Å². The fourth-order valence-corrected chi connectivity index (χ4v) is 3.12. The Bertz CT molecular complexity index is 665. The molecule has 1 unspecified atom stereocenters. The van der Waals surface area contributed by atoms with Crippen molar-refractivity contribution in [1.82, 2.24) is 10.2 Å². The molecule has 1 fully saturated rings. The van der Waals surface area contributed by atoms with Crippen LogP contribution in [-0.2, 0) is 11.2 Å². The molecule has 1 saturated heterocycles. The third-order valence-corrected chi connectivity index (χ3v) is 4.34. The van der Waals surface area contributed by atoms with Crippen LogP contribution in [0.4, 0.5) is 0 Å². The average Bonchev–Trinajstić information content (AvgIpc) is 3.14. The number of hydrogen-bond donors (Lipinski definition) is 1. The molecule has 1 aliphatic heterocycles. The highest BCUT2D eigenvalue weighted by molar-refractivity contribution is 5.88. The average molecular weight is 302 g/mol. The van der Waals surface area contributed by atoms with Gasteiger partial charge in [0.15, 0.2) is 0 Å². The molecule has 1 aliphatic rings. The molecule has 1 atom stereocenters. The van der Waals surface area contributed by atoms with Crippen LogP contribution in [-0.4, -0.2) is 44.6 Å². The highest BCUT2D eigenvalue weighted by Gasteiger charge is 2.26. The summed E-state index contributed by atoms with van der Waals surface area (Å²) in [6.07, 6.45) is 3.16. The maximum absolute atomic E-state index is 12.5. The third-order valence-electron chi connectivity index (χ3n) is 4.34. The van der Waals surface area contributed by atoms with E-state index in [9.17, 15) is 4.79 Å². The maximum Gasteiger partial charge on any atom is 0.227 e. The first-order valence-corrected chi connectivity index (χ1v) is 7.67. The number of likely N-dealkylation sites (tertiary alicyclic amines) is 1. The number of carbonyl (C=O) groups is 1. The summed E-state index contributed by atoms with van der Waals surface area (Å²) in [5, 5.41) is 4.17. The Balaban J connectivity index is 1.69. The van der Waals surface area contributed by atoms with E-state index >= 15 is 0 Å². The molecule has 1 N–H and O–H groups in total. The number of methoxy groups -OCH3 is 1. The molecule has 0 radical (unpaired) electrons. The van der Waals surface area contributed by atoms with Crippen LogP contribution in [0.25, 0.3) is 11.0 Å². The zero-order valence-corrected chi connectivity index (χ0v) is 13.1. The summed E-state index contributed by atoms with van der Waals surface area (Å²) < 4.78 is 10.7. The summed E-state index contributed by atoms with van der Waals surface area (Å²) in [5.74, 6) is 1.51. The second-order valence-electron chi connectivity index (χ2n) is 5.85. The Morgan fingerprint density at radius 3 is 3.14 bits per heavy atom. The first-order chi connectivity index (χ1) is 10.7. The van der Waals surface area contributed by atoms with E-state index in [1.165, 1.54) is 0 Å². The van der Waals surface area contributed by atoms with Gasteiger partial charge >= 0.3 is 0 Å². The van der Waals surface area contributed by atoms with Gasteiger partial charge < -0.3 is 19.4 Å². The standard InChI is InChI=1S/C17H22N2O3/c1-18-9-12-5-6-19(10-12)17(20)7-13-11-22-16-8-14(21-2)3-4-15(13)16/h3-4,8,11-12,18H,5-7,9-10H2,1-2H3. The van der Waals surface area contributed by atoms with E-state index in [1.807, 2.05) is 30.1 Å². The highest BCUT2D eigenvalue weighted by Crippen LogP contribution is 2.26. The van der Waals surface area contributed by atoms with Gasteiger partial charge in [-0.2, -0.15) is 0 Å². The first kappa shape index (κ1) is 14.9. The van der Waals surface area contributed by atoms with E-state index in [2.05, 4.69) is 5.32 Å². The van der Waals surface area contributed by atoms with E-state index in [1.54, 1.807) is 13.4 Å². The molecule has 2 heterocycles. The molecule has 118 valence electrons. The van der Waals surface area contributed by atoms with Gasteiger partial charge in [-0.05, 0) is 38.1 Å². The number of nitrogens with one attached hydrogen (secondary N) is 1. The van der Waals surface area contributed by atoms with Gasteiger partial charge in [0.05, 0.1) is 19.8 Å². The maximum atomic E-state index is 12.5. The second kappa shape index (κ2) is 6.40. The van der Waals surface area contributed by atoms with Crippen LogP contribution in [0.15, 0.2) is 28.9 Å². The van der Waals surface area contributed by atoms with Gasteiger partial charge in [-0.15, -0.1) is 0 Å². The normalized spacial score (nSPS) is 18.1. The predicted octanol–water partition coefficient (Wildman–Crippen LogP) is 2.05. The summed E-state index contributed by atoms with van der Waals surface area (Å²) in [7, 11) is 3.58. The molecule has 0 spiro atoms. The van der Waals surface area contributed by atoms with Crippen molar-refractivity contribution in [2.75, 3.05) is 33.8 Å². The van der Waals surface area contributed by atoms with Gasteiger partial charge in [0.2, 0.25) is 5.91 Å². The number of benzene rings is 1. The SMILES string of the molecule is CNCC1CCN(C(=O)Cc2coc3cc(OC)ccc23)C1. The molecule has 1 amide bonds. The summed E-state index contributed by atoms with van der Waals surface area (Å²) >= 11 is 0. The molecule has 0 aliphatic carbocycles. The van der Waals surface area contributed by atoms with Crippen molar-refractivity contribution in [3.05, 3.63) is 30.0 Å². The van der Waals surface area contributed by atoms with Crippen molar-refractivity contribution in [2.45, 2.75) is 12.8 Å². The van der Waals surface area contributed by atoms with E-state index in [0.717, 1.165) is 48.3 Å². The Morgan fingerprint density at radius 2 is 2.36 bits per heavy atom. The summed E-state index contributed by atoms with van der Waals surface area (Å²) in [6, 6.07) is 5.70. The van der Waals surface area contributed by atoms with Crippen LogP contribution in [0.5, 0.6) is 5.75 Å². The zero-order chi connectivity index (χ0) is 15.5. The molecule has 3 rings (SSSR count). The predicted molar refractivity (Wildman–Crippen MR) is 85.1 cm³/mol. The molecule has 22 heavy (non-hydrogen) atoms. The molecular weight excluding hydrogens is 280 g/mol. The fraction of sp³-hybridized carbons (Fsp3) is 0.471. The Kier molecular flexibility index (Phi) is 4.34. The van der Waals surface area contributed by atoms with Crippen molar-refractivity contribution in [2.24, 2.45) is 5.92 Å². The number of fused-ring (bicyclic) bond motifs is 1. The van der Waals surface area contributed by atoms with E-state index in [0.29, 0.717) is 12.3 Å². The van der Waals surface area contributed by atoms with Crippen molar-refractivity contribution in [1.29, 1.82) is 0 Å². The molecular formula is C17H22N2O3. The van der Waals surface area contributed by atoms with Gasteiger partial charge in [0.1, 0.15) is 11.3 Å². The minimum atomic E-state index is 0.178. The van der Waals surface area contributed by atoms with Gasteiger partial charge in [-0.1, -0.05) is 0 Å². The summed E-state index contributed by atoms with van der Waals surface area (Å²) in [6.45, 7) is 2.68. The van der Waals surface area contributed by atoms with Crippen LogP contribution >= 0.6 is 0 Å². The Labute approximate surface area is 130 Å². The van der Waals surface area contributed by atoms with Crippen molar-refractivity contribution in [3.63, 3.8) is 0 Å². The van der Waals surface area contributed by atoms with Gasteiger partial charge in [0.25, 0.3) is 0 Å². The lowest BCUT2D eigenvalue weighted by atomic mass is 10.1. The molecule has 5 nitrogen and oxygen atoms in total. The number of ether oxygens (including phenoxy) is 1. The monoisotopic (exact) mass is 302 g/mol. The Morgan fingerprint density at radius 1 is 1.50 bits per heavy atom. The van der Waals surface area contributed by atoms with Crippen LogP contribution < -0.4 is 10.1 Å². The summed E-state index contributed by atoms with van der Waals surface area (Å²) in [5.41, 5.74) is 1.70. The molecule has 0 bridgehead atoms. The second-order valence-corrected chi connectivity index (χ2v) is 5.85. The largest absolute Gasteiger partial charge is 0.497 e. The fourth-order valence-electron chi connectivity index (χ4n) is 3.12. The van der Waals surface area contributed by atoms with Gasteiger partial charge in [0, 0.05) is 30.1 Å². The quantitative estimate of drug-likeness (QED) is 0.918. The lowest BCUT2D eigenvalue weighted by Gasteiger charge is -2.16. The Hall–Kier alpha value is -2.01. The molecule has 5 heteroatoms. The molecule has 1 aromatic heterocycles. The van der Waals surface area contributed by atoms with Crippen LogP contribution in [0.2, 0.25) is 0 Å². The van der Waals surface area contributed by atoms with Crippen LogP contribution in [0, 0.1) is 5.92 Å². The number of hydrogen-bond acceptors (Lipinski definition) is 4. The van der Waals surface area contributed by atoms with Crippen LogP contribution in [0.1, 0.15) is 12.0 Å². The van der Waals surface area contributed by atoms with Crippen molar-refractivity contribution >= 4 is 16.9 Å². The number of nitrogens with zero attached hydrogens (tertiary/aromatic N) is 1. The lowest BCUT2D eigenvalue weighted by Crippen LogP contribution is -2.31. The minimum absolute atomic E-state index is 0.178. The highest BCUT2D eigenvalue weighted by atomic mass is 16.5. The number of carbonyl (C=O) groups excluding carboxylic acids is 1.